The molecule has 0 aliphatic rings. The molecule has 0 aliphatic heterocycles. The summed E-state index contributed by atoms with van der Waals surface area (Å²) in [5.41, 5.74) is 3.37. The Morgan fingerprint density at radius 3 is 2.70 bits per heavy atom. The van der Waals surface area contributed by atoms with Gasteiger partial charge < -0.3 is 0 Å². The van der Waals surface area contributed by atoms with Gasteiger partial charge in [0.2, 0.25) is 0 Å². The second-order valence-corrected chi connectivity index (χ2v) is 4.76. The number of hydrogen-bond donors (Lipinski definition) is 0. The fourth-order valence-electron chi connectivity index (χ4n) is 2.37. The van der Waals surface area contributed by atoms with E-state index in [0.29, 0.717) is 5.82 Å². The molecule has 0 spiro atoms. The van der Waals surface area contributed by atoms with E-state index in [9.17, 15) is 0 Å². The van der Waals surface area contributed by atoms with Gasteiger partial charge in [0.25, 0.3) is 0 Å². The van der Waals surface area contributed by atoms with E-state index < -0.39 is 0 Å². The van der Waals surface area contributed by atoms with Crippen molar-refractivity contribution in [3.63, 3.8) is 0 Å². The number of aromatic nitrogens is 8. The van der Waals surface area contributed by atoms with Crippen molar-refractivity contribution < 1.29 is 0 Å². The van der Waals surface area contributed by atoms with Crippen LogP contribution in [0.4, 0.5) is 0 Å². The van der Waals surface area contributed by atoms with Crippen molar-refractivity contribution in [2.75, 3.05) is 0 Å². The molecule has 4 heterocycles. The van der Waals surface area contributed by atoms with E-state index in [1.54, 1.807) is 26.4 Å². The lowest BCUT2D eigenvalue weighted by molar-refractivity contribution is 0.756. The van der Waals surface area contributed by atoms with E-state index in [1.807, 2.05) is 27.2 Å². The smallest absolute Gasteiger partial charge is 0.185 e. The third-order valence-corrected chi connectivity index (χ3v) is 3.32. The van der Waals surface area contributed by atoms with E-state index in [-0.39, 0.29) is 0 Å². The highest BCUT2D eigenvalue weighted by molar-refractivity contribution is 5.89. The van der Waals surface area contributed by atoms with Crippen LogP contribution in [-0.2, 0) is 14.1 Å². The Balaban J connectivity index is 2.03. The van der Waals surface area contributed by atoms with Gasteiger partial charge in [-0.15, -0.1) is 5.10 Å². The normalized spacial score (nSPS) is 11.8. The second kappa shape index (κ2) is 3.62. The van der Waals surface area contributed by atoms with Crippen molar-refractivity contribution in [1.82, 2.24) is 39.1 Å². The molecular formula is C12H12N8. The SMILES string of the molecule is Cc1nn(C)cc1-c1nc2c3cnn(C)c3ncn2n1. The molecule has 0 saturated carbocycles. The fourth-order valence-corrected chi connectivity index (χ4v) is 2.37. The quantitative estimate of drug-likeness (QED) is 0.508. The Labute approximate surface area is 113 Å². The van der Waals surface area contributed by atoms with Crippen LogP contribution < -0.4 is 0 Å². The van der Waals surface area contributed by atoms with E-state index in [4.69, 9.17) is 0 Å². The van der Waals surface area contributed by atoms with Crippen molar-refractivity contribution >= 4 is 16.7 Å². The van der Waals surface area contributed by atoms with Crippen LogP contribution in [0.1, 0.15) is 5.69 Å². The van der Waals surface area contributed by atoms with Crippen molar-refractivity contribution in [3.05, 3.63) is 24.4 Å². The maximum Gasteiger partial charge on any atom is 0.185 e. The van der Waals surface area contributed by atoms with E-state index in [0.717, 1.165) is 27.9 Å². The Morgan fingerprint density at radius 1 is 1.10 bits per heavy atom. The molecule has 0 saturated heterocycles. The predicted octanol–water partition coefficient (Wildman–Crippen LogP) is 0.720. The minimum absolute atomic E-state index is 0.647. The molecule has 0 aromatic carbocycles. The number of hydrogen-bond acceptors (Lipinski definition) is 5. The molecule has 0 N–H and O–H groups in total. The largest absolute Gasteiger partial charge is 0.275 e. The van der Waals surface area contributed by atoms with Gasteiger partial charge in [-0.05, 0) is 6.92 Å². The molecule has 0 aliphatic carbocycles. The summed E-state index contributed by atoms with van der Waals surface area (Å²) in [7, 11) is 3.74. The molecule has 0 amide bonds. The summed E-state index contributed by atoms with van der Waals surface area (Å²) in [4.78, 5) is 8.95. The molecular weight excluding hydrogens is 256 g/mol. The zero-order valence-electron chi connectivity index (χ0n) is 11.3. The van der Waals surface area contributed by atoms with Gasteiger partial charge in [-0.3, -0.25) is 9.36 Å². The van der Waals surface area contributed by atoms with Crippen LogP contribution in [0.3, 0.4) is 0 Å². The maximum absolute atomic E-state index is 4.60. The average Bonchev–Trinajstić information content (AvgIpc) is 3.06. The summed E-state index contributed by atoms with van der Waals surface area (Å²) in [6.07, 6.45) is 5.33. The number of rotatable bonds is 1. The Bertz CT molecular complexity index is 941. The average molecular weight is 268 g/mol. The predicted molar refractivity (Wildman–Crippen MR) is 72.0 cm³/mol. The fraction of sp³-hybridized carbons (Fsp3) is 0.250. The minimum Gasteiger partial charge on any atom is -0.275 e. The lowest BCUT2D eigenvalue weighted by atomic mass is 10.2. The van der Waals surface area contributed by atoms with Crippen molar-refractivity contribution in [1.29, 1.82) is 0 Å². The van der Waals surface area contributed by atoms with Crippen LogP contribution in [-0.4, -0.2) is 39.1 Å². The molecule has 0 unspecified atom stereocenters. The first-order chi connectivity index (χ1) is 9.63. The van der Waals surface area contributed by atoms with Gasteiger partial charge in [0.1, 0.15) is 6.33 Å². The number of aryl methyl sites for hydroxylation is 3. The van der Waals surface area contributed by atoms with Gasteiger partial charge in [-0.2, -0.15) is 10.2 Å². The molecule has 4 aromatic heterocycles. The Morgan fingerprint density at radius 2 is 1.95 bits per heavy atom. The summed E-state index contributed by atoms with van der Waals surface area (Å²) in [6.45, 7) is 1.94. The topological polar surface area (TPSA) is 78.7 Å². The molecule has 100 valence electrons. The van der Waals surface area contributed by atoms with Crippen LogP contribution in [0.5, 0.6) is 0 Å². The highest BCUT2D eigenvalue weighted by Gasteiger charge is 2.15. The third kappa shape index (κ3) is 1.38. The molecule has 20 heavy (non-hydrogen) atoms. The molecule has 0 fully saturated rings. The summed E-state index contributed by atoms with van der Waals surface area (Å²) in [5.74, 6) is 0.647. The molecule has 0 radical (unpaired) electrons. The highest BCUT2D eigenvalue weighted by Crippen LogP contribution is 2.22. The van der Waals surface area contributed by atoms with Crippen molar-refractivity contribution in [2.45, 2.75) is 6.92 Å². The van der Waals surface area contributed by atoms with Crippen LogP contribution >= 0.6 is 0 Å². The van der Waals surface area contributed by atoms with Gasteiger partial charge in [-0.25, -0.2) is 14.5 Å². The van der Waals surface area contributed by atoms with Gasteiger partial charge in [0.15, 0.2) is 17.1 Å². The molecule has 4 rings (SSSR count). The first kappa shape index (κ1) is 11.1. The standard InChI is InChI=1S/C12H12N8/c1-7-9(5-18(2)16-7)10-15-12-8-4-14-19(3)11(8)13-6-20(12)17-10/h4-6H,1-3H3. The minimum atomic E-state index is 0.647. The number of nitrogens with zero attached hydrogens (tertiary/aromatic N) is 8. The van der Waals surface area contributed by atoms with Crippen molar-refractivity contribution in [2.24, 2.45) is 14.1 Å². The lowest BCUT2D eigenvalue weighted by Crippen LogP contribution is -1.94. The molecule has 8 nitrogen and oxygen atoms in total. The summed E-state index contributed by atoms with van der Waals surface area (Å²) in [5, 5.41) is 13.9. The van der Waals surface area contributed by atoms with Crippen LogP contribution in [0, 0.1) is 6.92 Å². The zero-order chi connectivity index (χ0) is 13.9. The van der Waals surface area contributed by atoms with Gasteiger partial charge in [0, 0.05) is 20.3 Å². The first-order valence-electron chi connectivity index (χ1n) is 6.17. The van der Waals surface area contributed by atoms with Crippen LogP contribution in [0.25, 0.3) is 28.1 Å². The molecule has 0 atom stereocenters. The Kier molecular flexibility index (Phi) is 2.01. The molecule has 4 aromatic rings. The lowest BCUT2D eigenvalue weighted by Gasteiger charge is -1.93. The van der Waals surface area contributed by atoms with E-state index in [2.05, 4.69) is 25.3 Å². The van der Waals surface area contributed by atoms with Crippen LogP contribution in [0.2, 0.25) is 0 Å². The van der Waals surface area contributed by atoms with Crippen LogP contribution in [0.15, 0.2) is 18.7 Å². The monoisotopic (exact) mass is 268 g/mol. The maximum atomic E-state index is 4.60. The van der Waals surface area contributed by atoms with E-state index >= 15 is 0 Å². The number of fused-ring (bicyclic) bond motifs is 3. The van der Waals surface area contributed by atoms with Crippen molar-refractivity contribution in [3.8, 4) is 11.4 Å². The van der Waals surface area contributed by atoms with Gasteiger partial charge in [0.05, 0.1) is 22.8 Å². The highest BCUT2D eigenvalue weighted by atomic mass is 15.3. The second-order valence-electron chi connectivity index (χ2n) is 4.76. The van der Waals surface area contributed by atoms with E-state index in [1.165, 1.54) is 0 Å². The molecule has 8 heteroatoms. The Hall–Kier alpha value is -2.77. The molecule has 0 bridgehead atoms. The third-order valence-electron chi connectivity index (χ3n) is 3.32. The first-order valence-corrected chi connectivity index (χ1v) is 6.17. The zero-order valence-corrected chi connectivity index (χ0v) is 11.3. The van der Waals surface area contributed by atoms with Gasteiger partial charge in [-0.1, -0.05) is 0 Å². The summed E-state index contributed by atoms with van der Waals surface area (Å²) < 4.78 is 5.15. The summed E-state index contributed by atoms with van der Waals surface area (Å²) >= 11 is 0. The summed E-state index contributed by atoms with van der Waals surface area (Å²) in [6, 6.07) is 0. The van der Waals surface area contributed by atoms with Gasteiger partial charge >= 0.3 is 0 Å².